The molecule has 3 aromatic carbocycles. The number of piperidine rings is 1. The third kappa shape index (κ3) is 8.23. The highest BCUT2D eigenvalue weighted by atomic mass is 19.4. The largest absolute Gasteiger partial charge is 0.490 e. The fourth-order valence-corrected chi connectivity index (χ4v) is 6.41. The van der Waals surface area contributed by atoms with E-state index < -0.39 is 12.1 Å². The molecule has 1 saturated heterocycles. The van der Waals surface area contributed by atoms with Crippen LogP contribution in [0, 0.1) is 5.92 Å². The summed E-state index contributed by atoms with van der Waals surface area (Å²) in [7, 11) is 0. The predicted octanol–water partition coefficient (Wildman–Crippen LogP) is 6.11. The van der Waals surface area contributed by atoms with E-state index in [4.69, 9.17) is 20.1 Å². The van der Waals surface area contributed by atoms with Crippen LogP contribution in [0.3, 0.4) is 0 Å². The lowest BCUT2D eigenvalue weighted by Gasteiger charge is -2.26. The Kier molecular flexibility index (Phi) is 10.6. The number of nitrogens with one attached hydrogen (secondary N) is 4. The predicted molar refractivity (Wildman–Crippen MR) is 183 cm³/mol. The number of aryl methyl sites for hydroxylation is 2. The van der Waals surface area contributed by atoms with Crippen LogP contribution >= 0.6 is 0 Å². The van der Waals surface area contributed by atoms with Gasteiger partial charge < -0.3 is 30.3 Å². The molecule has 0 spiro atoms. The second kappa shape index (κ2) is 15.4. The Bertz CT molecular complexity index is 2050. The lowest BCUT2D eigenvalue weighted by Crippen LogP contribution is -2.42. The van der Waals surface area contributed by atoms with Crippen molar-refractivity contribution in [3.8, 4) is 0 Å². The van der Waals surface area contributed by atoms with Gasteiger partial charge in [-0.2, -0.15) is 13.2 Å². The van der Waals surface area contributed by atoms with Gasteiger partial charge in [-0.1, -0.05) is 66.7 Å². The second-order valence-electron chi connectivity index (χ2n) is 12.4. The molecule has 10 nitrogen and oxygen atoms in total. The van der Waals surface area contributed by atoms with Crippen LogP contribution in [0.2, 0.25) is 0 Å². The molecule has 4 heterocycles. The summed E-state index contributed by atoms with van der Waals surface area (Å²) in [5.74, 6) is -1.02. The summed E-state index contributed by atoms with van der Waals surface area (Å²) in [5.41, 5.74) is 5.81. The van der Waals surface area contributed by atoms with Gasteiger partial charge in [0, 0.05) is 53.6 Å². The van der Waals surface area contributed by atoms with Crippen molar-refractivity contribution in [1.29, 1.82) is 0 Å². The minimum absolute atomic E-state index is 0.0499. The van der Waals surface area contributed by atoms with Gasteiger partial charge in [-0.15, -0.1) is 10.2 Å². The van der Waals surface area contributed by atoms with Crippen molar-refractivity contribution in [2.45, 2.75) is 50.9 Å². The zero-order valence-electron chi connectivity index (χ0n) is 27.2. The Morgan fingerprint density at radius 1 is 0.880 bits per heavy atom. The van der Waals surface area contributed by atoms with E-state index in [0.29, 0.717) is 19.5 Å². The highest BCUT2D eigenvalue weighted by Crippen LogP contribution is 2.27. The molecular formula is C37H38F3N7O3. The normalized spacial score (nSPS) is 15.4. The Labute approximate surface area is 286 Å². The van der Waals surface area contributed by atoms with Crippen LogP contribution in [0.5, 0.6) is 0 Å². The van der Waals surface area contributed by atoms with E-state index in [2.05, 4.69) is 104 Å². The van der Waals surface area contributed by atoms with Crippen LogP contribution in [-0.4, -0.2) is 61.0 Å². The SMILES string of the molecule is O=C(N[C@H](Cc1c[nH]c2ccccc12)c1nnc(CCc2c[nH]c3ccccc23)n1Cc1ccccc1)C1CCCNC1.O=C(O)C(F)(F)F. The first-order valence-electron chi connectivity index (χ1n) is 16.5. The minimum atomic E-state index is -5.08. The van der Waals surface area contributed by atoms with E-state index in [0.717, 1.165) is 65.9 Å². The molecule has 1 fully saturated rings. The fraction of sp³-hybridized carbons (Fsp3) is 0.297. The van der Waals surface area contributed by atoms with Crippen LogP contribution in [0.15, 0.2) is 91.3 Å². The molecule has 260 valence electrons. The molecule has 5 N–H and O–H groups in total. The van der Waals surface area contributed by atoms with Crippen molar-refractivity contribution >= 4 is 33.7 Å². The summed E-state index contributed by atoms with van der Waals surface area (Å²) in [6, 6.07) is 26.8. The number of alkyl halides is 3. The summed E-state index contributed by atoms with van der Waals surface area (Å²) in [6.45, 7) is 2.31. The second-order valence-corrected chi connectivity index (χ2v) is 12.4. The smallest absolute Gasteiger partial charge is 0.475 e. The zero-order valence-corrected chi connectivity index (χ0v) is 27.2. The van der Waals surface area contributed by atoms with Crippen LogP contribution in [0.4, 0.5) is 13.2 Å². The maximum absolute atomic E-state index is 13.6. The summed E-state index contributed by atoms with van der Waals surface area (Å²) in [5, 5.41) is 25.9. The van der Waals surface area contributed by atoms with Crippen molar-refractivity contribution in [2.75, 3.05) is 13.1 Å². The monoisotopic (exact) mass is 685 g/mol. The zero-order chi connectivity index (χ0) is 35.1. The quantitative estimate of drug-likeness (QED) is 0.118. The van der Waals surface area contributed by atoms with E-state index in [1.807, 2.05) is 12.1 Å². The Hall–Kier alpha value is -5.43. The summed E-state index contributed by atoms with van der Waals surface area (Å²) >= 11 is 0. The molecule has 13 heteroatoms. The highest BCUT2D eigenvalue weighted by molar-refractivity contribution is 5.84. The number of aromatic amines is 2. The number of halogens is 3. The average molecular weight is 686 g/mol. The van der Waals surface area contributed by atoms with Crippen LogP contribution in [0.1, 0.15) is 47.2 Å². The molecule has 1 unspecified atom stereocenters. The van der Waals surface area contributed by atoms with Crippen molar-refractivity contribution in [3.05, 3.63) is 120 Å². The molecule has 1 aliphatic heterocycles. The Balaban J connectivity index is 0.000000561. The maximum atomic E-state index is 13.6. The number of benzene rings is 3. The fourth-order valence-electron chi connectivity index (χ4n) is 6.41. The van der Waals surface area contributed by atoms with Crippen molar-refractivity contribution in [2.24, 2.45) is 5.92 Å². The number of fused-ring (bicyclic) bond motifs is 2. The third-order valence-electron chi connectivity index (χ3n) is 8.97. The number of hydrogen-bond acceptors (Lipinski definition) is 5. The number of carboxylic acid groups (broad SMARTS) is 1. The molecule has 0 aliphatic carbocycles. The minimum Gasteiger partial charge on any atom is -0.475 e. The van der Waals surface area contributed by atoms with Crippen molar-refractivity contribution in [1.82, 2.24) is 35.4 Å². The van der Waals surface area contributed by atoms with E-state index >= 15 is 0 Å². The number of carbonyl (C=O) groups is 2. The lowest BCUT2D eigenvalue weighted by atomic mass is 9.97. The molecular weight excluding hydrogens is 647 g/mol. The number of para-hydroxylation sites is 2. The average Bonchev–Trinajstić information content (AvgIpc) is 3.85. The topological polar surface area (TPSA) is 141 Å². The number of H-pyrrole nitrogens is 2. The first-order chi connectivity index (χ1) is 24.2. The Morgan fingerprint density at radius 2 is 1.50 bits per heavy atom. The molecule has 0 bridgehead atoms. The molecule has 6 aromatic rings. The Morgan fingerprint density at radius 3 is 2.14 bits per heavy atom. The van der Waals surface area contributed by atoms with E-state index in [1.54, 1.807) is 0 Å². The van der Waals surface area contributed by atoms with Gasteiger partial charge in [0.15, 0.2) is 5.82 Å². The highest BCUT2D eigenvalue weighted by Gasteiger charge is 2.38. The molecule has 3 aromatic heterocycles. The summed E-state index contributed by atoms with van der Waals surface area (Å²) in [6.07, 6.45) is 3.17. The van der Waals surface area contributed by atoms with Crippen LogP contribution in [-0.2, 0) is 35.4 Å². The molecule has 0 radical (unpaired) electrons. The number of carboxylic acids is 1. The molecule has 1 aliphatic rings. The number of nitrogens with zero attached hydrogens (tertiary/aromatic N) is 3. The van der Waals surface area contributed by atoms with Gasteiger partial charge in [-0.25, -0.2) is 4.79 Å². The number of aliphatic carboxylic acids is 1. The van der Waals surface area contributed by atoms with Crippen LogP contribution < -0.4 is 10.6 Å². The van der Waals surface area contributed by atoms with Gasteiger partial charge in [-0.3, -0.25) is 4.79 Å². The van der Waals surface area contributed by atoms with Crippen molar-refractivity contribution < 1.29 is 27.9 Å². The first-order valence-corrected chi connectivity index (χ1v) is 16.5. The summed E-state index contributed by atoms with van der Waals surface area (Å²) < 4.78 is 34.0. The van der Waals surface area contributed by atoms with Gasteiger partial charge in [-0.05, 0) is 54.6 Å². The van der Waals surface area contributed by atoms with Gasteiger partial charge in [0.1, 0.15) is 5.82 Å². The summed E-state index contributed by atoms with van der Waals surface area (Å²) in [4.78, 5) is 29.3. The van der Waals surface area contributed by atoms with Crippen molar-refractivity contribution in [3.63, 3.8) is 0 Å². The van der Waals surface area contributed by atoms with Crippen LogP contribution in [0.25, 0.3) is 21.8 Å². The van der Waals surface area contributed by atoms with Gasteiger partial charge in [0.25, 0.3) is 0 Å². The number of aromatic nitrogens is 5. The number of rotatable bonds is 10. The van der Waals surface area contributed by atoms with Gasteiger partial charge in [0.2, 0.25) is 5.91 Å². The molecule has 0 saturated carbocycles. The number of amides is 1. The third-order valence-corrected chi connectivity index (χ3v) is 8.97. The standard InChI is InChI=1S/C35H37N7O.C2HF3O2/c43-35(26-11-8-18-36-20-26)39-32(19-27-22-38-31-15-7-5-13-29(27)31)34-41-40-33(42(34)23-24-9-2-1-3-10-24)17-16-25-21-37-30-14-6-4-12-28(25)30;3-2(4,5)1(6)7/h1-7,9-10,12-15,21-22,26,32,36-38H,8,11,16-20,23H2,(H,39,43);(H,6,7)/t26?,32-;/m1./s1. The van der Waals surface area contributed by atoms with E-state index in [-0.39, 0.29) is 17.9 Å². The molecule has 7 rings (SSSR count). The lowest BCUT2D eigenvalue weighted by molar-refractivity contribution is -0.192. The van der Waals surface area contributed by atoms with Gasteiger partial charge >= 0.3 is 12.1 Å². The van der Waals surface area contributed by atoms with E-state index in [9.17, 15) is 18.0 Å². The van der Waals surface area contributed by atoms with Gasteiger partial charge in [0.05, 0.1) is 18.5 Å². The first kappa shape index (κ1) is 34.4. The molecule has 1 amide bonds. The molecule has 50 heavy (non-hydrogen) atoms. The maximum Gasteiger partial charge on any atom is 0.490 e. The van der Waals surface area contributed by atoms with E-state index in [1.165, 1.54) is 16.5 Å². The molecule has 2 atom stereocenters. The number of hydrogen-bond donors (Lipinski definition) is 5. The number of carbonyl (C=O) groups excluding carboxylic acids is 1.